The fourth-order valence-electron chi connectivity index (χ4n) is 1.68. The van der Waals surface area contributed by atoms with Crippen LogP contribution in [0.5, 0.6) is 0 Å². The molecule has 0 aliphatic heterocycles. The van der Waals surface area contributed by atoms with Gasteiger partial charge in [-0.15, -0.1) is 0 Å². The van der Waals surface area contributed by atoms with Crippen molar-refractivity contribution in [3.05, 3.63) is 33.6 Å². The van der Waals surface area contributed by atoms with E-state index in [0.717, 1.165) is 12.5 Å². The van der Waals surface area contributed by atoms with Crippen molar-refractivity contribution in [2.24, 2.45) is 5.92 Å². The number of nitrogen functional groups attached to an aromatic ring is 1. The summed E-state index contributed by atoms with van der Waals surface area (Å²) in [6.07, 6.45) is 0.843. The molecule has 3 N–H and O–H groups in total. The largest absolute Gasteiger partial charge is 0.396 e. The van der Waals surface area contributed by atoms with Gasteiger partial charge in [0.15, 0.2) is 5.82 Å². The molecule has 0 radical (unpaired) electrons. The fourth-order valence-corrected chi connectivity index (χ4v) is 1.68. The predicted molar refractivity (Wildman–Crippen MR) is 62.5 cm³/mol. The lowest BCUT2D eigenvalue weighted by Gasteiger charge is -2.06. The maximum Gasteiger partial charge on any atom is 0.285 e. The Balaban J connectivity index is 2.32. The Bertz CT molecular complexity index is 533. The molecule has 1 fully saturated rings. The number of nitrogens with one attached hydrogen (secondary N) is 1. The Labute approximate surface area is 102 Å². The molecule has 1 aromatic rings. The summed E-state index contributed by atoms with van der Waals surface area (Å²) >= 11 is 0. The first-order chi connectivity index (χ1) is 8.40. The van der Waals surface area contributed by atoms with E-state index in [0.29, 0.717) is 12.0 Å². The molecule has 1 saturated carbocycles. The maximum atomic E-state index is 13.2. The number of benzene rings is 1. The van der Waals surface area contributed by atoms with Gasteiger partial charge in [0.25, 0.3) is 11.6 Å². The van der Waals surface area contributed by atoms with Gasteiger partial charge in [-0.3, -0.25) is 14.9 Å². The van der Waals surface area contributed by atoms with E-state index in [4.69, 9.17) is 5.73 Å². The average molecular weight is 253 g/mol. The van der Waals surface area contributed by atoms with Crippen LogP contribution in [0.15, 0.2) is 12.1 Å². The van der Waals surface area contributed by atoms with Crippen molar-refractivity contribution in [2.45, 2.75) is 19.4 Å². The summed E-state index contributed by atoms with van der Waals surface area (Å²) in [5.41, 5.74) is 4.25. The Morgan fingerprint density at radius 1 is 1.61 bits per heavy atom. The molecular formula is C11H12FN3O3. The normalized spacial score (nSPS) is 21.4. The van der Waals surface area contributed by atoms with Gasteiger partial charge >= 0.3 is 0 Å². The molecule has 0 bridgehead atoms. The van der Waals surface area contributed by atoms with Crippen molar-refractivity contribution in [2.75, 3.05) is 5.73 Å². The first kappa shape index (κ1) is 12.3. The zero-order valence-electron chi connectivity index (χ0n) is 9.64. The number of anilines is 1. The van der Waals surface area contributed by atoms with Crippen LogP contribution in [0, 0.1) is 21.8 Å². The third-order valence-corrected chi connectivity index (χ3v) is 2.98. The zero-order valence-corrected chi connectivity index (χ0v) is 9.64. The lowest BCUT2D eigenvalue weighted by Crippen LogP contribution is -2.27. The van der Waals surface area contributed by atoms with Crippen LogP contribution in [0.25, 0.3) is 0 Å². The average Bonchev–Trinajstić information content (AvgIpc) is 2.97. The van der Waals surface area contributed by atoms with E-state index >= 15 is 0 Å². The number of hydrogen-bond acceptors (Lipinski definition) is 4. The van der Waals surface area contributed by atoms with Crippen LogP contribution in [0.1, 0.15) is 23.7 Å². The summed E-state index contributed by atoms with van der Waals surface area (Å²) in [5.74, 6) is -1.13. The number of carbonyl (C=O) groups is 1. The van der Waals surface area contributed by atoms with Gasteiger partial charge in [-0.05, 0) is 18.4 Å². The first-order valence-corrected chi connectivity index (χ1v) is 5.44. The monoisotopic (exact) mass is 253 g/mol. The number of halogens is 1. The van der Waals surface area contributed by atoms with E-state index in [2.05, 4.69) is 5.32 Å². The van der Waals surface area contributed by atoms with Crippen LogP contribution in [0.4, 0.5) is 15.8 Å². The highest BCUT2D eigenvalue weighted by Gasteiger charge is 2.35. The number of nitro groups is 1. The third-order valence-electron chi connectivity index (χ3n) is 2.98. The molecule has 2 unspecified atom stereocenters. The summed E-state index contributed by atoms with van der Waals surface area (Å²) in [6.45, 7) is 1.96. The molecule has 0 heterocycles. The minimum atomic E-state index is -0.905. The number of amides is 1. The predicted octanol–water partition coefficient (Wildman–Crippen LogP) is 1.45. The van der Waals surface area contributed by atoms with Crippen LogP contribution < -0.4 is 11.1 Å². The van der Waals surface area contributed by atoms with Gasteiger partial charge in [-0.25, -0.2) is 4.39 Å². The van der Waals surface area contributed by atoms with Crippen molar-refractivity contribution in [3.63, 3.8) is 0 Å². The minimum Gasteiger partial charge on any atom is -0.396 e. The lowest BCUT2D eigenvalue weighted by atomic mass is 10.1. The summed E-state index contributed by atoms with van der Waals surface area (Å²) in [7, 11) is 0. The minimum absolute atomic E-state index is 0.0309. The van der Waals surface area contributed by atoms with E-state index in [1.165, 1.54) is 0 Å². The standard InChI is InChI=1S/C11H12FN3O3/c1-5-2-9(5)14-11(16)6-3-8(13)7(12)4-10(6)15(17)18/h3-5,9H,2,13H2,1H3,(H,14,16). The van der Waals surface area contributed by atoms with Crippen LogP contribution in [0.2, 0.25) is 0 Å². The van der Waals surface area contributed by atoms with Gasteiger partial charge in [-0.2, -0.15) is 0 Å². The van der Waals surface area contributed by atoms with Crippen molar-refractivity contribution >= 4 is 17.3 Å². The lowest BCUT2D eigenvalue weighted by molar-refractivity contribution is -0.385. The van der Waals surface area contributed by atoms with Crippen molar-refractivity contribution in [1.29, 1.82) is 0 Å². The van der Waals surface area contributed by atoms with Gasteiger partial charge in [-0.1, -0.05) is 6.92 Å². The Hall–Kier alpha value is -2.18. The zero-order chi connectivity index (χ0) is 13.4. The number of carbonyl (C=O) groups excluding carboxylic acids is 1. The molecule has 1 amide bonds. The quantitative estimate of drug-likeness (QED) is 0.484. The van der Waals surface area contributed by atoms with Gasteiger partial charge < -0.3 is 11.1 Å². The van der Waals surface area contributed by atoms with E-state index in [1.54, 1.807) is 0 Å². The SMILES string of the molecule is CC1CC1NC(=O)c1cc(N)c(F)cc1[N+](=O)[O-]. The fraction of sp³-hybridized carbons (Fsp3) is 0.364. The topological polar surface area (TPSA) is 98.3 Å². The highest BCUT2D eigenvalue weighted by molar-refractivity contribution is 5.99. The molecule has 0 aromatic heterocycles. The molecule has 1 aliphatic rings. The Morgan fingerprint density at radius 3 is 2.72 bits per heavy atom. The molecule has 18 heavy (non-hydrogen) atoms. The molecule has 7 heteroatoms. The number of hydrogen-bond donors (Lipinski definition) is 2. The molecule has 1 aromatic carbocycles. The second-order valence-electron chi connectivity index (χ2n) is 4.44. The van der Waals surface area contributed by atoms with Crippen LogP contribution in [-0.4, -0.2) is 16.9 Å². The summed E-state index contributed by atoms with van der Waals surface area (Å²) in [5, 5.41) is 13.4. The Morgan fingerprint density at radius 2 is 2.22 bits per heavy atom. The summed E-state index contributed by atoms with van der Waals surface area (Å²) in [6, 6.07) is 1.69. The summed E-state index contributed by atoms with van der Waals surface area (Å²) < 4.78 is 13.2. The molecular weight excluding hydrogens is 241 g/mol. The van der Waals surface area contributed by atoms with Crippen LogP contribution in [-0.2, 0) is 0 Å². The van der Waals surface area contributed by atoms with Gasteiger partial charge in [0.2, 0.25) is 0 Å². The first-order valence-electron chi connectivity index (χ1n) is 5.44. The molecule has 6 nitrogen and oxygen atoms in total. The van der Waals surface area contributed by atoms with Gasteiger partial charge in [0, 0.05) is 6.04 Å². The molecule has 0 saturated heterocycles. The second kappa shape index (κ2) is 4.25. The van der Waals surface area contributed by atoms with Gasteiger partial charge in [0.05, 0.1) is 16.7 Å². The molecule has 96 valence electrons. The number of nitro benzene ring substituents is 1. The Kier molecular flexibility index (Phi) is 2.90. The molecule has 0 spiro atoms. The smallest absolute Gasteiger partial charge is 0.285 e. The third kappa shape index (κ3) is 2.24. The van der Waals surface area contributed by atoms with E-state index < -0.39 is 22.3 Å². The molecule has 2 rings (SSSR count). The van der Waals surface area contributed by atoms with Crippen LogP contribution in [0.3, 0.4) is 0 Å². The summed E-state index contributed by atoms with van der Waals surface area (Å²) in [4.78, 5) is 21.8. The van der Waals surface area contributed by atoms with Gasteiger partial charge in [0.1, 0.15) is 5.56 Å². The van der Waals surface area contributed by atoms with E-state index in [9.17, 15) is 19.3 Å². The van der Waals surface area contributed by atoms with Crippen molar-refractivity contribution in [3.8, 4) is 0 Å². The number of nitrogens with zero attached hydrogens (tertiary/aromatic N) is 1. The highest BCUT2D eigenvalue weighted by Crippen LogP contribution is 2.30. The highest BCUT2D eigenvalue weighted by atomic mass is 19.1. The van der Waals surface area contributed by atoms with Crippen LogP contribution >= 0.6 is 0 Å². The maximum absolute atomic E-state index is 13.2. The second-order valence-corrected chi connectivity index (χ2v) is 4.44. The van der Waals surface area contributed by atoms with E-state index in [-0.39, 0.29) is 17.3 Å². The van der Waals surface area contributed by atoms with E-state index in [1.807, 2.05) is 6.92 Å². The van der Waals surface area contributed by atoms with Crippen molar-refractivity contribution < 1.29 is 14.1 Å². The number of nitrogens with two attached hydrogens (primary N) is 1. The molecule has 1 aliphatic carbocycles. The van der Waals surface area contributed by atoms with Crippen molar-refractivity contribution in [1.82, 2.24) is 5.32 Å². The molecule has 2 atom stereocenters. The number of rotatable bonds is 3.